The zero-order chi connectivity index (χ0) is 11.1. The number of benzene rings is 1. The van der Waals surface area contributed by atoms with Crippen LogP contribution in [0.5, 0.6) is 0 Å². The van der Waals surface area contributed by atoms with Crippen molar-refractivity contribution in [3.8, 4) is 0 Å². The van der Waals surface area contributed by atoms with Gasteiger partial charge in [0, 0.05) is 6.21 Å². The van der Waals surface area contributed by atoms with Gasteiger partial charge < -0.3 is 0 Å². The Morgan fingerprint density at radius 1 is 1.47 bits per heavy atom. The monoisotopic (exact) mass is 202 g/mol. The molecule has 0 fully saturated rings. The molecule has 0 bridgehead atoms. The number of carbonyl (C=O) groups is 1. The standard InChI is InChI=1S/C13H16NO/c1-3-11(2)10-14-13(15)9-12-7-5-4-6-8-12/h4-8,10-11H,2-3,9H2,1H3/t11-/m0/s1. The van der Waals surface area contributed by atoms with Crippen LogP contribution in [0.2, 0.25) is 0 Å². The van der Waals surface area contributed by atoms with Crippen LogP contribution >= 0.6 is 0 Å². The van der Waals surface area contributed by atoms with Gasteiger partial charge in [0.15, 0.2) is 0 Å². The molecule has 1 aromatic rings. The number of rotatable bonds is 4. The van der Waals surface area contributed by atoms with Crippen LogP contribution in [0.4, 0.5) is 0 Å². The van der Waals surface area contributed by atoms with E-state index in [0.29, 0.717) is 6.42 Å². The molecule has 2 nitrogen and oxygen atoms in total. The Balaban J connectivity index is 2.47. The Morgan fingerprint density at radius 2 is 2.13 bits per heavy atom. The number of carbonyl (C=O) groups excluding carboxylic acids is 1. The number of nitrogens with zero attached hydrogens (tertiary/aromatic N) is 1. The molecule has 1 rings (SSSR count). The molecule has 0 heterocycles. The summed E-state index contributed by atoms with van der Waals surface area (Å²) < 4.78 is 0. The fourth-order valence-electron chi connectivity index (χ4n) is 1.11. The molecule has 0 saturated carbocycles. The lowest BCUT2D eigenvalue weighted by atomic mass is 10.1. The lowest BCUT2D eigenvalue weighted by molar-refractivity contribution is -0.117. The third kappa shape index (κ3) is 4.54. The lowest BCUT2D eigenvalue weighted by Crippen LogP contribution is -2.02. The summed E-state index contributed by atoms with van der Waals surface area (Å²) in [7, 11) is 0. The molecule has 0 spiro atoms. The molecule has 1 amide bonds. The molecule has 2 heteroatoms. The van der Waals surface area contributed by atoms with Crippen LogP contribution in [0.25, 0.3) is 0 Å². The van der Waals surface area contributed by atoms with Crippen molar-refractivity contribution in [2.24, 2.45) is 10.9 Å². The summed E-state index contributed by atoms with van der Waals surface area (Å²) in [5.74, 6) is 0.0213. The first-order chi connectivity index (χ1) is 7.22. The molecule has 0 aliphatic rings. The third-order valence-electron chi connectivity index (χ3n) is 2.15. The highest BCUT2D eigenvalue weighted by Gasteiger charge is 2.00. The maximum absolute atomic E-state index is 11.4. The fraction of sp³-hybridized carbons (Fsp3) is 0.308. The van der Waals surface area contributed by atoms with Crippen molar-refractivity contribution < 1.29 is 4.79 Å². The minimum absolute atomic E-state index is 0.108. The van der Waals surface area contributed by atoms with E-state index in [1.54, 1.807) is 6.21 Å². The van der Waals surface area contributed by atoms with Gasteiger partial charge in [-0.05, 0) is 24.8 Å². The van der Waals surface area contributed by atoms with E-state index >= 15 is 0 Å². The number of amides is 1. The molecule has 0 unspecified atom stereocenters. The van der Waals surface area contributed by atoms with Gasteiger partial charge in [0.05, 0.1) is 6.42 Å². The zero-order valence-corrected chi connectivity index (χ0v) is 9.02. The van der Waals surface area contributed by atoms with Gasteiger partial charge in [0.25, 0.3) is 0 Å². The van der Waals surface area contributed by atoms with Crippen LogP contribution in [0, 0.1) is 12.8 Å². The van der Waals surface area contributed by atoms with E-state index in [-0.39, 0.29) is 11.8 Å². The van der Waals surface area contributed by atoms with E-state index in [1.807, 2.05) is 37.3 Å². The summed E-state index contributed by atoms with van der Waals surface area (Å²) >= 11 is 0. The molecular formula is C13H16NO. The maximum Gasteiger partial charge on any atom is 0.249 e. The van der Waals surface area contributed by atoms with Crippen molar-refractivity contribution in [1.82, 2.24) is 0 Å². The van der Waals surface area contributed by atoms with Gasteiger partial charge in [-0.15, -0.1) is 0 Å². The molecule has 0 N–H and O–H groups in total. The Hall–Kier alpha value is -1.44. The molecule has 0 aromatic heterocycles. The lowest BCUT2D eigenvalue weighted by Gasteiger charge is -1.99. The van der Waals surface area contributed by atoms with Crippen LogP contribution in [-0.2, 0) is 11.2 Å². The minimum Gasteiger partial charge on any atom is -0.272 e. The Kier molecular flexibility index (Phi) is 4.75. The summed E-state index contributed by atoms with van der Waals surface area (Å²) in [5.41, 5.74) is 0.997. The smallest absolute Gasteiger partial charge is 0.249 e. The van der Waals surface area contributed by atoms with E-state index in [9.17, 15) is 4.79 Å². The topological polar surface area (TPSA) is 29.4 Å². The highest BCUT2D eigenvalue weighted by Crippen LogP contribution is 2.01. The quantitative estimate of drug-likeness (QED) is 0.690. The normalized spacial score (nSPS) is 12.9. The van der Waals surface area contributed by atoms with E-state index in [1.165, 1.54) is 0 Å². The summed E-state index contributed by atoms with van der Waals surface area (Å²) in [6.45, 7) is 5.85. The van der Waals surface area contributed by atoms with Crippen molar-refractivity contribution in [3.63, 3.8) is 0 Å². The molecule has 79 valence electrons. The number of hydrogen-bond donors (Lipinski definition) is 0. The van der Waals surface area contributed by atoms with Crippen molar-refractivity contribution >= 4 is 12.1 Å². The molecule has 1 aromatic carbocycles. The summed E-state index contributed by atoms with van der Waals surface area (Å²) in [6.07, 6.45) is 2.90. The third-order valence-corrected chi connectivity index (χ3v) is 2.15. The summed E-state index contributed by atoms with van der Waals surface area (Å²) in [5, 5.41) is 0. The van der Waals surface area contributed by atoms with Crippen LogP contribution < -0.4 is 0 Å². The number of aliphatic imine (C=N–C) groups is 1. The fourth-order valence-corrected chi connectivity index (χ4v) is 1.11. The van der Waals surface area contributed by atoms with Crippen molar-refractivity contribution in [3.05, 3.63) is 42.8 Å². The van der Waals surface area contributed by atoms with E-state index in [4.69, 9.17) is 0 Å². The van der Waals surface area contributed by atoms with Crippen LogP contribution in [0.15, 0.2) is 35.3 Å². The molecule has 0 aliphatic carbocycles. The first-order valence-electron chi connectivity index (χ1n) is 5.16. The summed E-state index contributed by atoms with van der Waals surface area (Å²) in [6, 6.07) is 9.62. The Labute approximate surface area is 91.0 Å². The van der Waals surface area contributed by atoms with Gasteiger partial charge >= 0.3 is 0 Å². The van der Waals surface area contributed by atoms with Gasteiger partial charge in [-0.25, -0.2) is 4.99 Å². The van der Waals surface area contributed by atoms with Crippen molar-refractivity contribution in [2.45, 2.75) is 19.8 Å². The average Bonchev–Trinajstić information content (AvgIpc) is 2.27. The van der Waals surface area contributed by atoms with Crippen molar-refractivity contribution in [2.75, 3.05) is 0 Å². The average molecular weight is 202 g/mol. The SMILES string of the molecule is [CH2][C@H](C=NC(=O)Cc1ccccc1)CC. The van der Waals surface area contributed by atoms with Gasteiger partial charge in [0.1, 0.15) is 0 Å². The van der Waals surface area contributed by atoms with E-state index in [2.05, 4.69) is 11.9 Å². The zero-order valence-electron chi connectivity index (χ0n) is 9.02. The summed E-state index contributed by atoms with van der Waals surface area (Å²) in [4.78, 5) is 15.3. The van der Waals surface area contributed by atoms with Crippen LogP contribution in [0.1, 0.15) is 18.9 Å². The van der Waals surface area contributed by atoms with E-state index in [0.717, 1.165) is 12.0 Å². The van der Waals surface area contributed by atoms with Gasteiger partial charge in [-0.3, -0.25) is 4.79 Å². The first-order valence-corrected chi connectivity index (χ1v) is 5.16. The van der Waals surface area contributed by atoms with Gasteiger partial charge in [-0.2, -0.15) is 0 Å². The molecule has 0 saturated heterocycles. The van der Waals surface area contributed by atoms with Crippen molar-refractivity contribution in [1.29, 1.82) is 0 Å². The van der Waals surface area contributed by atoms with Crippen LogP contribution in [-0.4, -0.2) is 12.1 Å². The highest BCUT2D eigenvalue weighted by atomic mass is 16.1. The molecule has 1 atom stereocenters. The minimum atomic E-state index is -0.108. The van der Waals surface area contributed by atoms with Gasteiger partial charge in [0.2, 0.25) is 5.91 Å². The molecule has 0 aliphatic heterocycles. The highest BCUT2D eigenvalue weighted by molar-refractivity contribution is 5.87. The predicted molar refractivity (Wildman–Crippen MR) is 62.8 cm³/mol. The maximum atomic E-state index is 11.4. The van der Waals surface area contributed by atoms with Crippen LogP contribution in [0.3, 0.4) is 0 Å². The second kappa shape index (κ2) is 6.12. The largest absolute Gasteiger partial charge is 0.272 e. The second-order valence-electron chi connectivity index (χ2n) is 3.50. The first kappa shape index (κ1) is 11.6. The van der Waals surface area contributed by atoms with E-state index < -0.39 is 0 Å². The molecular weight excluding hydrogens is 186 g/mol. The Morgan fingerprint density at radius 3 is 2.73 bits per heavy atom. The molecule has 1 radical (unpaired) electrons. The predicted octanol–water partition coefficient (Wildman–Crippen LogP) is 2.69. The number of hydrogen-bond acceptors (Lipinski definition) is 1. The molecule has 15 heavy (non-hydrogen) atoms. The Bertz CT molecular complexity index is 330. The second-order valence-corrected chi connectivity index (χ2v) is 3.50. The van der Waals surface area contributed by atoms with Gasteiger partial charge in [-0.1, -0.05) is 37.3 Å².